The van der Waals surface area contributed by atoms with E-state index in [0.717, 1.165) is 6.32 Å². The average Bonchev–Trinajstić information content (AvgIpc) is 2.39. The smallest absolute Gasteiger partial charge is 0.354 e. The first kappa shape index (κ1) is 16.9. The lowest BCUT2D eigenvalue weighted by molar-refractivity contribution is 0.108. The van der Waals surface area contributed by atoms with Crippen LogP contribution in [0.3, 0.4) is 0 Å². The van der Waals surface area contributed by atoms with Crippen LogP contribution in [0.4, 0.5) is 4.79 Å². The molecule has 97 valence electrons. The number of amides is 1. The summed E-state index contributed by atoms with van der Waals surface area (Å²) in [5.41, 5.74) is 2.24. The molecule has 1 amide bonds. The molecule has 0 aliphatic carbocycles. The Hall–Kier alpha value is -1.12. The van der Waals surface area contributed by atoms with Crippen molar-refractivity contribution in [1.29, 1.82) is 0 Å². The van der Waals surface area contributed by atoms with Crippen LogP contribution in [0, 0.1) is 0 Å². The van der Waals surface area contributed by atoms with E-state index in [4.69, 9.17) is 12.2 Å². The van der Waals surface area contributed by atoms with E-state index in [1.807, 2.05) is 31.7 Å². The lowest BCUT2D eigenvalue weighted by Crippen LogP contribution is -2.31. The van der Waals surface area contributed by atoms with E-state index in [9.17, 15) is 4.79 Å². The molecule has 1 heterocycles. The van der Waals surface area contributed by atoms with Crippen LogP contribution in [0.25, 0.3) is 0 Å². The summed E-state index contributed by atoms with van der Waals surface area (Å²) in [6.07, 6.45) is 3.80. The van der Waals surface area contributed by atoms with Crippen molar-refractivity contribution in [2.24, 2.45) is 0 Å². The Morgan fingerprint density at radius 1 is 1.44 bits per heavy atom. The second-order valence-corrected chi connectivity index (χ2v) is 4.37. The zero-order valence-corrected chi connectivity index (χ0v) is 11.9. The second kappa shape index (κ2) is 12.3. The van der Waals surface area contributed by atoms with Crippen LogP contribution in [0.15, 0.2) is 30.6 Å². The van der Waals surface area contributed by atoms with Gasteiger partial charge in [-0.25, -0.2) is 4.79 Å². The minimum atomic E-state index is -0.598. The molecule has 0 aromatic carbocycles. The summed E-state index contributed by atoms with van der Waals surface area (Å²) in [4.78, 5) is 18.9. The third-order valence-electron chi connectivity index (χ3n) is 1.32. The van der Waals surface area contributed by atoms with Crippen LogP contribution in [0.1, 0.15) is 6.92 Å². The number of thiocarbonyl (C=S) groups is 1. The van der Waals surface area contributed by atoms with Crippen LogP contribution in [-0.2, 0) is 4.84 Å². The molecule has 0 spiro atoms. The molecule has 0 saturated carbocycles. The van der Waals surface area contributed by atoms with Crippen molar-refractivity contribution in [1.82, 2.24) is 15.8 Å². The lowest BCUT2D eigenvalue weighted by atomic mass is 10.1. The predicted molar refractivity (Wildman–Crippen MR) is 79.3 cm³/mol. The standard InChI is InChI=1S/C5H10BN2O2S2.C5H5N/c1-3-6-12-5(11)8-4(9)10-7-2;1-2-4-6-5-3-1/h7H,3H2,1-2H3,(H,8,9,11);1-5H. The molecule has 1 rings (SSSR count). The first-order valence-corrected chi connectivity index (χ1v) is 6.51. The van der Waals surface area contributed by atoms with E-state index in [2.05, 4.69) is 20.6 Å². The topological polar surface area (TPSA) is 63.2 Å². The van der Waals surface area contributed by atoms with Crippen LogP contribution < -0.4 is 10.8 Å². The van der Waals surface area contributed by atoms with Crippen LogP contribution in [0.2, 0.25) is 6.32 Å². The Morgan fingerprint density at radius 3 is 2.50 bits per heavy atom. The summed E-state index contributed by atoms with van der Waals surface area (Å²) < 4.78 is 0.386. The molecule has 1 aromatic heterocycles. The molecule has 0 atom stereocenters. The van der Waals surface area contributed by atoms with Crippen molar-refractivity contribution in [3.8, 4) is 0 Å². The Kier molecular flexibility index (Phi) is 11.6. The number of aromatic nitrogens is 1. The van der Waals surface area contributed by atoms with Crippen molar-refractivity contribution >= 4 is 40.8 Å². The largest absolute Gasteiger partial charge is 0.431 e. The SMILES string of the molecule is CC[B]SC(=S)NC(=O)ONC.c1ccncc1. The number of nitrogens with one attached hydrogen (secondary N) is 2. The van der Waals surface area contributed by atoms with Crippen molar-refractivity contribution in [3.63, 3.8) is 0 Å². The molecule has 18 heavy (non-hydrogen) atoms. The van der Waals surface area contributed by atoms with Gasteiger partial charge in [-0.05, 0) is 12.1 Å². The Balaban J connectivity index is 0.000000397. The first-order chi connectivity index (χ1) is 8.70. The highest BCUT2D eigenvalue weighted by atomic mass is 32.2. The summed E-state index contributed by atoms with van der Waals surface area (Å²) in [5.74, 6) is 0. The van der Waals surface area contributed by atoms with Crippen LogP contribution in [-0.4, -0.2) is 29.0 Å². The summed E-state index contributed by atoms with van der Waals surface area (Å²) in [6, 6.07) is 5.72. The maximum absolute atomic E-state index is 10.7. The first-order valence-electron chi connectivity index (χ1n) is 5.22. The Morgan fingerprint density at radius 2 is 2.11 bits per heavy atom. The number of pyridine rings is 1. The van der Waals surface area contributed by atoms with Gasteiger partial charge in [-0.1, -0.05) is 31.5 Å². The molecule has 0 fully saturated rings. The van der Waals surface area contributed by atoms with Gasteiger partial charge in [0.05, 0.1) is 0 Å². The molecule has 0 aliphatic rings. The maximum atomic E-state index is 10.7. The molecular weight excluding hydrogens is 269 g/mol. The summed E-state index contributed by atoms with van der Waals surface area (Å²) in [7, 11) is 1.49. The number of hydrogen-bond acceptors (Lipinski definition) is 6. The summed E-state index contributed by atoms with van der Waals surface area (Å²) >= 11 is 6.10. The van der Waals surface area contributed by atoms with Gasteiger partial charge in [-0.15, -0.1) is 0 Å². The van der Waals surface area contributed by atoms with Gasteiger partial charge < -0.3 is 4.84 Å². The zero-order valence-electron chi connectivity index (χ0n) is 10.3. The van der Waals surface area contributed by atoms with Gasteiger partial charge in [-0.2, -0.15) is 17.1 Å². The minimum absolute atomic E-state index is 0.386. The molecule has 5 nitrogen and oxygen atoms in total. The third kappa shape index (κ3) is 11.4. The Labute approximate surface area is 117 Å². The molecular formula is C10H15BN3O2S2. The van der Waals surface area contributed by atoms with E-state index >= 15 is 0 Å². The van der Waals surface area contributed by atoms with Gasteiger partial charge >= 0.3 is 6.09 Å². The number of hydroxylamine groups is 1. The fourth-order valence-electron chi connectivity index (χ4n) is 0.703. The van der Waals surface area contributed by atoms with Gasteiger partial charge in [0.25, 0.3) is 0 Å². The van der Waals surface area contributed by atoms with Crippen molar-refractivity contribution in [2.75, 3.05) is 7.05 Å². The van der Waals surface area contributed by atoms with E-state index in [-0.39, 0.29) is 0 Å². The fraction of sp³-hybridized carbons (Fsp3) is 0.300. The molecule has 2 N–H and O–H groups in total. The van der Waals surface area contributed by atoms with E-state index in [1.54, 1.807) is 12.4 Å². The van der Waals surface area contributed by atoms with Gasteiger partial charge in [0.1, 0.15) is 4.32 Å². The normalized spacial score (nSPS) is 8.56. The average molecular weight is 284 g/mol. The van der Waals surface area contributed by atoms with Gasteiger partial charge in [0.15, 0.2) is 0 Å². The highest BCUT2D eigenvalue weighted by Gasteiger charge is 2.04. The van der Waals surface area contributed by atoms with Gasteiger partial charge in [-0.3, -0.25) is 10.3 Å². The summed E-state index contributed by atoms with van der Waals surface area (Å²) in [6.45, 7) is 3.88. The molecule has 8 heteroatoms. The third-order valence-corrected chi connectivity index (χ3v) is 2.53. The minimum Gasteiger partial charge on any atom is -0.354 e. The molecule has 0 aliphatic heterocycles. The number of carbonyl (C=O) groups is 1. The molecule has 0 saturated heterocycles. The number of nitrogens with zero attached hydrogens (tertiary/aromatic N) is 1. The highest BCUT2D eigenvalue weighted by molar-refractivity contribution is 8.39. The quantitative estimate of drug-likeness (QED) is 0.503. The zero-order chi connectivity index (χ0) is 13.6. The summed E-state index contributed by atoms with van der Waals surface area (Å²) in [5, 5.41) is 2.36. The van der Waals surface area contributed by atoms with Crippen molar-refractivity contribution in [3.05, 3.63) is 30.6 Å². The lowest BCUT2D eigenvalue weighted by Gasteiger charge is -2.04. The predicted octanol–water partition coefficient (Wildman–Crippen LogP) is 2.00. The van der Waals surface area contributed by atoms with Crippen LogP contribution in [0.5, 0.6) is 0 Å². The van der Waals surface area contributed by atoms with E-state index < -0.39 is 6.09 Å². The number of hydrogen-bond donors (Lipinski definition) is 2. The molecule has 0 bridgehead atoms. The fourth-order valence-corrected chi connectivity index (χ4v) is 1.45. The molecule has 0 unspecified atom stereocenters. The monoisotopic (exact) mass is 284 g/mol. The molecule has 1 radical (unpaired) electrons. The van der Waals surface area contributed by atoms with Gasteiger partial charge in [0.2, 0.25) is 6.56 Å². The second-order valence-electron chi connectivity index (χ2n) is 2.72. The van der Waals surface area contributed by atoms with Crippen molar-refractivity contribution in [2.45, 2.75) is 13.2 Å². The number of rotatable bonds is 3. The Bertz CT molecular complexity index is 314. The van der Waals surface area contributed by atoms with E-state index in [0.29, 0.717) is 4.32 Å². The van der Waals surface area contributed by atoms with E-state index in [1.165, 1.54) is 18.7 Å². The molecule has 1 aromatic rings. The number of carbonyl (C=O) groups excluding carboxylic acids is 1. The van der Waals surface area contributed by atoms with Crippen LogP contribution >= 0.6 is 23.8 Å². The maximum Gasteiger partial charge on any atom is 0.431 e. The van der Waals surface area contributed by atoms with Gasteiger partial charge in [0, 0.05) is 19.4 Å². The highest BCUT2D eigenvalue weighted by Crippen LogP contribution is 2.00. The van der Waals surface area contributed by atoms with Crippen molar-refractivity contribution < 1.29 is 9.63 Å².